The molecule has 0 saturated carbocycles. The number of fused-ring (bicyclic) bond motifs is 3. The Morgan fingerprint density at radius 1 is 1.21 bits per heavy atom. The van der Waals surface area contributed by atoms with E-state index in [0.29, 0.717) is 17.2 Å². The average molecular weight is 391 g/mol. The van der Waals surface area contributed by atoms with E-state index in [4.69, 9.17) is 4.98 Å². The van der Waals surface area contributed by atoms with Crippen LogP contribution in [0.5, 0.6) is 0 Å². The minimum atomic E-state index is -0.152. The van der Waals surface area contributed by atoms with Gasteiger partial charge in [-0.1, -0.05) is 24.3 Å². The Kier molecular flexibility index (Phi) is 5.15. The molecule has 0 radical (unpaired) electrons. The zero-order valence-corrected chi connectivity index (χ0v) is 17.0. The number of hydrogen-bond acceptors (Lipinski definition) is 5. The molecular weight excluding hydrogens is 366 g/mol. The lowest BCUT2D eigenvalue weighted by molar-refractivity contribution is 0.0664. The van der Waals surface area contributed by atoms with Gasteiger partial charge in [-0.15, -0.1) is 0 Å². The van der Waals surface area contributed by atoms with Gasteiger partial charge in [0.2, 0.25) is 0 Å². The molecule has 1 amide bonds. The van der Waals surface area contributed by atoms with Crippen LogP contribution in [0, 0.1) is 6.92 Å². The van der Waals surface area contributed by atoms with Crippen LogP contribution in [0.25, 0.3) is 17.2 Å². The minimum Gasteiger partial charge on any atom is -0.395 e. The van der Waals surface area contributed by atoms with Gasteiger partial charge in [0.25, 0.3) is 11.9 Å². The van der Waals surface area contributed by atoms with Crippen LogP contribution in [-0.4, -0.2) is 54.9 Å². The second-order valence-corrected chi connectivity index (χ2v) is 7.57. The Balaban J connectivity index is 1.72. The molecule has 2 heterocycles. The lowest BCUT2D eigenvalue weighted by Gasteiger charge is -2.25. The number of carbonyl (C=O) groups is 1. The maximum atomic E-state index is 13.0. The Morgan fingerprint density at radius 2 is 1.97 bits per heavy atom. The minimum absolute atomic E-state index is 0.0195. The van der Waals surface area contributed by atoms with Crippen LogP contribution in [0.2, 0.25) is 0 Å². The molecule has 0 aliphatic heterocycles. The lowest BCUT2D eigenvalue weighted by Crippen LogP contribution is -2.39. The van der Waals surface area contributed by atoms with Crippen molar-refractivity contribution < 1.29 is 9.90 Å². The van der Waals surface area contributed by atoms with Crippen LogP contribution in [-0.2, 0) is 12.8 Å². The fourth-order valence-electron chi connectivity index (χ4n) is 3.83. The maximum Gasteiger partial charge on any atom is 0.257 e. The molecule has 0 spiro atoms. The van der Waals surface area contributed by atoms with Crippen molar-refractivity contribution in [3.05, 3.63) is 59.0 Å². The summed E-state index contributed by atoms with van der Waals surface area (Å²) in [4.78, 5) is 23.9. The molecule has 1 aromatic carbocycles. The first kappa shape index (κ1) is 19.3. The maximum absolute atomic E-state index is 13.0. The number of rotatable bonds is 5. The monoisotopic (exact) mass is 391 g/mol. The van der Waals surface area contributed by atoms with Crippen LogP contribution in [0.3, 0.4) is 0 Å². The topological polar surface area (TPSA) is 84.1 Å². The summed E-state index contributed by atoms with van der Waals surface area (Å²) in [5.41, 5.74) is 5.66. The first-order valence-electron chi connectivity index (χ1n) is 9.92. The van der Waals surface area contributed by atoms with Gasteiger partial charge in [-0.25, -0.2) is 14.6 Å². The summed E-state index contributed by atoms with van der Waals surface area (Å²) in [5, 5.41) is 13.7. The molecule has 150 valence electrons. The fraction of sp³-hybridized carbons (Fsp3) is 0.364. The van der Waals surface area contributed by atoms with E-state index in [-0.39, 0.29) is 25.1 Å². The third kappa shape index (κ3) is 3.42. The Hall–Kier alpha value is -3.06. The average Bonchev–Trinajstić information content (AvgIpc) is 3.12. The smallest absolute Gasteiger partial charge is 0.257 e. The number of carbonyl (C=O) groups excluding carboxylic acids is 1. The molecule has 0 bridgehead atoms. The Bertz CT molecular complexity index is 1060. The second kappa shape index (κ2) is 7.75. The number of benzene rings is 1. The fourth-order valence-corrected chi connectivity index (χ4v) is 3.83. The summed E-state index contributed by atoms with van der Waals surface area (Å²) in [6, 6.07) is 8.28. The number of aromatic nitrogens is 4. The normalized spacial score (nSPS) is 12.6. The van der Waals surface area contributed by atoms with Crippen molar-refractivity contribution >= 4 is 5.91 Å². The van der Waals surface area contributed by atoms with E-state index in [2.05, 4.69) is 22.2 Å². The molecule has 1 aliphatic carbocycles. The van der Waals surface area contributed by atoms with Gasteiger partial charge in [-0.3, -0.25) is 4.79 Å². The quantitative estimate of drug-likeness (QED) is 0.723. The van der Waals surface area contributed by atoms with Gasteiger partial charge in [-0.05, 0) is 44.7 Å². The van der Waals surface area contributed by atoms with Crippen molar-refractivity contribution in [2.24, 2.45) is 0 Å². The van der Waals surface area contributed by atoms with Crippen molar-refractivity contribution in [3.8, 4) is 17.2 Å². The highest BCUT2D eigenvalue weighted by atomic mass is 16.3. The zero-order valence-electron chi connectivity index (χ0n) is 17.0. The number of aliphatic hydroxyl groups is 1. The SMILES string of the molecule is Cc1c(C(=O)N(CCO)C(C)C)cnn1-c1ncc2c(n1)-c1ccccc1CC2. The van der Waals surface area contributed by atoms with Gasteiger partial charge in [0.05, 0.1) is 29.8 Å². The molecule has 0 saturated heterocycles. The largest absolute Gasteiger partial charge is 0.395 e. The van der Waals surface area contributed by atoms with Crippen LogP contribution in [0.4, 0.5) is 0 Å². The van der Waals surface area contributed by atoms with E-state index in [1.165, 1.54) is 5.56 Å². The Morgan fingerprint density at radius 3 is 2.72 bits per heavy atom. The summed E-state index contributed by atoms with van der Waals surface area (Å²) in [5.74, 6) is 0.302. The summed E-state index contributed by atoms with van der Waals surface area (Å²) >= 11 is 0. The molecule has 29 heavy (non-hydrogen) atoms. The van der Waals surface area contributed by atoms with E-state index in [9.17, 15) is 9.90 Å². The number of aliphatic hydroxyl groups excluding tert-OH is 1. The Labute approximate surface area is 170 Å². The highest BCUT2D eigenvalue weighted by Gasteiger charge is 2.24. The third-order valence-electron chi connectivity index (χ3n) is 5.44. The van der Waals surface area contributed by atoms with Crippen molar-refractivity contribution in [1.29, 1.82) is 0 Å². The molecule has 0 atom stereocenters. The van der Waals surface area contributed by atoms with E-state index in [1.54, 1.807) is 15.8 Å². The van der Waals surface area contributed by atoms with Crippen molar-refractivity contribution in [2.75, 3.05) is 13.2 Å². The first-order chi connectivity index (χ1) is 14.0. The molecule has 0 fully saturated rings. The van der Waals surface area contributed by atoms with Crippen LogP contribution in [0.15, 0.2) is 36.7 Å². The van der Waals surface area contributed by atoms with Crippen LogP contribution in [0.1, 0.15) is 41.0 Å². The van der Waals surface area contributed by atoms with Gasteiger partial charge < -0.3 is 10.0 Å². The number of nitrogens with zero attached hydrogens (tertiary/aromatic N) is 5. The van der Waals surface area contributed by atoms with Crippen molar-refractivity contribution in [1.82, 2.24) is 24.6 Å². The second-order valence-electron chi connectivity index (χ2n) is 7.57. The predicted molar refractivity (Wildman–Crippen MR) is 110 cm³/mol. The van der Waals surface area contributed by atoms with E-state index >= 15 is 0 Å². The van der Waals surface area contributed by atoms with Gasteiger partial charge in [0.15, 0.2) is 0 Å². The molecule has 2 aromatic heterocycles. The molecule has 4 rings (SSSR count). The van der Waals surface area contributed by atoms with Gasteiger partial charge in [-0.2, -0.15) is 5.10 Å². The van der Waals surface area contributed by atoms with E-state index < -0.39 is 0 Å². The third-order valence-corrected chi connectivity index (χ3v) is 5.44. The van der Waals surface area contributed by atoms with Crippen LogP contribution < -0.4 is 0 Å². The van der Waals surface area contributed by atoms with Crippen molar-refractivity contribution in [3.63, 3.8) is 0 Å². The summed E-state index contributed by atoms with van der Waals surface area (Å²) in [6.45, 7) is 5.90. The lowest BCUT2D eigenvalue weighted by atomic mass is 9.90. The molecular formula is C22H25N5O2. The first-order valence-corrected chi connectivity index (χ1v) is 9.92. The van der Waals surface area contributed by atoms with E-state index in [1.807, 2.05) is 39.1 Å². The molecule has 7 nitrogen and oxygen atoms in total. The van der Waals surface area contributed by atoms with Gasteiger partial charge >= 0.3 is 0 Å². The van der Waals surface area contributed by atoms with Gasteiger partial charge in [0, 0.05) is 24.3 Å². The highest BCUT2D eigenvalue weighted by Crippen LogP contribution is 2.31. The molecule has 7 heteroatoms. The summed E-state index contributed by atoms with van der Waals surface area (Å²) in [6.07, 6.45) is 5.32. The molecule has 3 aromatic rings. The number of hydrogen-bond donors (Lipinski definition) is 1. The zero-order chi connectivity index (χ0) is 20.5. The number of amides is 1. The highest BCUT2D eigenvalue weighted by molar-refractivity contribution is 5.95. The predicted octanol–water partition coefficient (Wildman–Crippen LogP) is 2.58. The van der Waals surface area contributed by atoms with Crippen LogP contribution >= 0.6 is 0 Å². The standard InChI is InChI=1S/C22H25N5O2/c1-14(2)26(10-11-28)21(29)19-13-24-27(15(19)3)22-23-12-17-9-8-16-6-4-5-7-18(16)20(17)25-22/h4-7,12-14,28H,8-11H2,1-3H3. The van der Waals surface area contributed by atoms with Gasteiger partial charge in [0.1, 0.15) is 0 Å². The summed E-state index contributed by atoms with van der Waals surface area (Å²) < 4.78 is 1.61. The summed E-state index contributed by atoms with van der Waals surface area (Å²) in [7, 11) is 0. The molecule has 1 aliphatic rings. The number of aryl methyl sites for hydroxylation is 2. The molecule has 0 unspecified atom stereocenters. The van der Waals surface area contributed by atoms with Crippen molar-refractivity contribution in [2.45, 2.75) is 39.7 Å². The van der Waals surface area contributed by atoms with E-state index in [0.717, 1.165) is 29.7 Å². The molecule has 1 N–H and O–H groups in total.